The van der Waals surface area contributed by atoms with E-state index >= 15 is 4.39 Å². The van der Waals surface area contributed by atoms with E-state index in [1.54, 1.807) is 25.3 Å². The fourth-order valence-electron chi connectivity index (χ4n) is 4.96. The second kappa shape index (κ2) is 9.01. The predicted octanol–water partition coefficient (Wildman–Crippen LogP) is 4.34. The van der Waals surface area contributed by atoms with E-state index in [4.69, 9.17) is 10.5 Å². The van der Waals surface area contributed by atoms with Crippen molar-refractivity contribution in [3.05, 3.63) is 35.9 Å². The third-order valence-corrected chi connectivity index (χ3v) is 6.73. The van der Waals surface area contributed by atoms with Crippen molar-refractivity contribution in [3.8, 4) is 17.0 Å². The second-order valence-corrected chi connectivity index (χ2v) is 9.21. The van der Waals surface area contributed by atoms with Gasteiger partial charge in [-0.15, -0.1) is 12.4 Å². The van der Waals surface area contributed by atoms with Crippen LogP contribution in [-0.2, 0) is 0 Å². The Kier molecular flexibility index (Phi) is 6.37. The van der Waals surface area contributed by atoms with Gasteiger partial charge >= 0.3 is 6.09 Å². The first-order valence-corrected chi connectivity index (χ1v) is 11.2. The minimum atomic E-state index is -1.16. The molecular weight excluding hydrogens is 477 g/mol. The highest BCUT2D eigenvalue weighted by Crippen LogP contribution is 2.40. The molecule has 0 radical (unpaired) electrons. The molecule has 2 atom stereocenters. The Bertz CT molecular complexity index is 1320. The van der Waals surface area contributed by atoms with Crippen LogP contribution in [0.2, 0.25) is 0 Å². The average Bonchev–Trinajstić information content (AvgIpc) is 3.15. The lowest BCUT2D eigenvalue weighted by Crippen LogP contribution is -2.39. The smallest absolute Gasteiger partial charge is 0.413 e. The summed E-state index contributed by atoms with van der Waals surface area (Å²) in [5.41, 5.74) is 7.45. The van der Waals surface area contributed by atoms with Gasteiger partial charge in [0.15, 0.2) is 5.82 Å². The van der Waals surface area contributed by atoms with E-state index in [9.17, 15) is 15.0 Å². The molecule has 1 aromatic carbocycles. The fourth-order valence-corrected chi connectivity index (χ4v) is 4.96. The summed E-state index contributed by atoms with van der Waals surface area (Å²) < 4.78 is 21.0. The summed E-state index contributed by atoms with van der Waals surface area (Å²) >= 11 is 0. The topological polar surface area (TPSA) is 134 Å². The molecule has 1 saturated carbocycles. The lowest BCUT2D eigenvalue weighted by Gasteiger charge is -2.26. The summed E-state index contributed by atoms with van der Waals surface area (Å²) in [5.74, 6) is 0.0817. The molecule has 3 aromatic rings. The van der Waals surface area contributed by atoms with Gasteiger partial charge in [0.05, 0.1) is 11.3 Å². The molecule has 1 fully saturated rings. The van der Waals surface area contributed by atoms with Crippen molar-refractivity contribution in [2.45, 2.75) is 44.8 Å². The summed E-state index contributed by atoms with van der Waals surface area (Å²) in [7, 11) is 0. The maximum atomic E-state index is 15.4. The molecule has 0 bridgehead atoms. The number of halogens is 2. The van der Waals surface area contributed by atoms with E-state index in [0.29, 0.717) is 60.3 Å². The van der Waals surface area contributed by atoms with Crippen LogP contribution in [0.4, 0.5) is 26.4 Å². The minimum absolute atomic E-state index is 0. The summed E-state index contributed by atoms with van der Waals surface area (Å²) in [4.78, 5) is 21.9. The van der Waals surface area contributed by atoms with Gasteiger partial charge in [0.2, 0.25) is 5.88 Å². The van der Waals surface area contributed by atoms with Crippen LogP contribution in [0, 0.1) is 12.7 Å². The van der Waals surface area contributed by atoms with Crippen LogP contribution >= 0.6 is 12.4 Å². The Labute approximate surface area is 207 Å². The molecule has 3 heterocycles. The quantitative estimate of drug-likeness (QED) is 0.388. The molecule has 0 saturated heterocycles. The van der Waals surface area contributed by atoms with Gasteiger partial charge in [-0.05, 0) is 56.2 Å². The molecule has 2 aliphatic rings. The third kappa shape index (κ3) is 4.28. The number of nitrogens with zero attached hydrogens (tertiary/aromatic N) is 3. The Morgan fingerprint density at radius 1 is 1.31 bits per heavy atom. The van der Waals surface area contributed by atoms with Crippen LogP contribution < -0.4 is 20.7 Å². The van der Waals surface area contributed by atoms with E-state index in [-0.39, 0.29) is 29.5 Å². The lowest BCUT2D eigenvalue weighted by atomic mass is 9.97. The highest BCUT2D eigenvalue weighted by Gasteiger charge is 2.39. The second-order valence-electron chi connectivity index (χ2n) is 9.21. The van der Waals surface area contributed by atoms with E-state index in [1.165, 1.54) is 11.1 Å². The minimum Gasteiger partial charge on any atom is -0.474 e. The number of fused-ring (bicyclic) bond motifs is 2. The summed E-state index contributed by atoms with van der Waals surface area (Å²) in [6.07, 6.45) is 3.11. The van der Waals surface area contributed by atoms with Crippen LogP contribution in [0.5, 0.6) is 5.88 Å². The Balaban J connectivity index is 0.00000289. The van der Waals surface area contributed by atoms with Gasteiger partial charge in [-0.2, -0.15) is 0 Å². The Morgan fingerprint density at radius 2 is 2.09 bits per heavy atom. The van der Waals surface area contributed by atoms with E-state index in [2.05, 4.69) is 15.3 Å². The van der Waals surface area contributed by atoms with Crippen molar-refractivity contribution in [3.63, 3.8) is 0 Å². The predicted molar refractivity (Wildman–Crippen MR) is 134 cm³/mol. The van der Waals surface area contributed by atoms with Crippen LogP contribution in [0.15, 0.2) is 24.5 Å². The van der Waals surface area contributed by atoms with Gasteiger partial charge in [0.1, 0.15) is 18.1 Å². The Morgan fingerprint density at radius 3 is 2.77 bits per heavy atom. The van der Waals surface area contributed by atoms with Gasteiger partial charge in [0, 0.05) is 41.5 Å². The van der Waals surface area contributed by atoms with Crippen molar-refractivity contribution >= 4 is 46.5 Å². The van der Waals surface area contributed by atoms with Crippen LogP contribution in [0.1, 0.15) is 31.7 Å². The number of hydrogen-bond donors (Lipinski definition) is 4. The number of carbonyl (C=O) groups is 1. The maximum Gasteiger partial charge on any atom is 0.413 e. The number of rotatable bonds is 3. The number of benzene rings is 1. The monoisotopic (exact) mass is 503 g/mol. The molecule has 1 aliphatic carbocycles. The van der Waals surface area contributed by atoms with E-state index in [1.807, 2.05) is 6.92 Å². The number of hydrogen-bond acceptors (Lipinski definition) is 7. The molecule has 5 rings (SSSR count). The van der Waals surface area contributed by atoms with Crippen LogP contribution in [0.25, 0.3) is 21.9 Å². The van der Waals surface area contributed by atoms with Gasteiger partial charge in [-0.1, -0.05) is 0 Å². The van der Waals surface area contributed by atoms with Gasteiger partial charge in [0.25, 0.3) is 0 Å². The zero-order valence-electron chi connectivity index (χ0n) is 19.3. The SMILES string of the molecule is Cc1c(-c2cc3cc(N(C(=O)O)[C@@H]4CC[C@@](C)(O)C4)ncc3c(N)c2F)cnc2c1NCCO2.Cl. The average molecular weight is 504 g/mol. The molecule has 1 aliphatic heterocycles. The molecule has 1 amide bonds. The highest BCUT2D eigenvalue weighted by molar-refractivity contribution is 5.99. The van der Waals surface area contributed by atoms with Crippen LogP contribution in [0.3, 0.4) is 0 Å². The number of amides is 1. The molecule has 0 spiro atoms. The summed E-state index contributed by atoms with van der Waals surface area (Å²) in [5, 5.41) is 24.4. The Hall–Kier alpha value is -3.37. The number of nitrogens with two attached hydrogens (primary N) is 1. The standard InChI is InChI=1S/C24H26FN5O4.ClH/c1-12-16(10-29-22-21(12)27-5-6-34-22)15-7-13-8-18(28-11-17(13)20(26)19(15)25)30(23(31)32)14-3-4-24(2,33)9-14;/h7-8,10-11,14,27,33H,3-6,9,26H2,1-2H3,(H,31,32);1H/t14-,24-;/m1./s1. The number of carboxylic acid groups (broad SMARTS) is 1. The zero-order chi connectivity index (χ0) is 24.2. The van der Waals surface area contributed by atoms with E-state index < -0.39 is 23.6 Å². The largest absolute Gasteiger partial charge is 0.474 e. The van der Waals surface area contributed by atoms with E-state index in [0.717, 1.165) is 5.56 Å². The molecule has 5 N–H and O–H groups in total. The molecular formula is C24H27ClFN5O4. The van der Waals surface area contributed by atoms with Crippen molar-refractivity contribution in [2.24, 2.45) is 0 Å². The van der Waals surface area contributed by atoms with Gasteiger partial charge in [-0.25, -0.2) is 19.2 Å². The number of nitrogens with one attached hydrogen (secondary N) is 1. The maximum absolute atomic E-state index is 15.4. The van der Waals surface area contributed by atoms with Crippen molar-refractivity contribution in [1.29, 1.82) is 0 Å². The van der Waals surface area contributed by atoms with Crippen molar-refractivity contribution in [2.75, 3.05) is 29.1 Å². The summed E-state index contributed by atoms with van der Waals surface area (Å²) in [6, 6.07) is 2.82. The number of aliphatic hydroxyl groups is 1. The first kappa shape index (κ1) is 24.7. The number of nitrogen functional groups attached to an aromatic ring is 1. The van der Waals surface area contributed by atoms with Gasteiger partial charge < -0.3 is 26.0 Å². The third-order valence-electron chi connectivity index (χ3n) is 6.73. The summed E-state index contributed by atoms with van der Waals surface area (Å²) in [6.45, 7) is 4.68. The molecule has 2 aromatic heterocycles. The van der Waals surface area contributed by atoms with Crippen molar-refractivity contribution in [1.82, 2.24) is 9.97 Å². The first-order chi connectivity index (χ1) is 16.2. The normalized spacial score (nSPS) is 21.0. The number of ether oxygens (including phenoxy) is 1. The lowest BCUT2D eigenvalue weighted by molar-refractivity contribution is 0.0664. The molecule has 0 unspecified atom stereocenters. The number of aromatic nitrogens is 2. The number of anilines is 3. The molecule has 186 valence electrons. The molecule has 35 heavy (non-hydrogen) atoms. The number of pyridine rings is 2. The van der Waals surface area contributed by atoms with Crippen LogP contribution in [-0.4, -0.2) is 51.1 Å². The fraction of sp³-hybridized carbons (Fsp3) is 0.375. The zero-order valence-corrected chi connectivity index (χ0v) is 20.2. The van der Waals surface area contributed by atoms with Gasteiger partial charge in [-0.3, -0.25) is 4.90 Å². The first-order valence-electron chi connectivity index (χ1n) is 11.2. The molecule has 9 nitrogen and oxygen atoms in total. The molecule has 11 heteroatoms. The highest BCUT2D eigenvalue weighted by atomic mass is 35.5. The van der Waals surface area contributed by atoms with Crippen molar-refractivity contribution < 1.29 is 24.1 Å².